The molecule has 20 heavy (non-hydrogen) atoms. The van der Waals surface area contributed by atoms with E-state index in [1.54, 1.807) is 12.1 Å². The molecular weight excluding hydrogens is 259 g/mol. The van der Waals surface area contributed by atoms with Crippen molar-refractivity contribution >= 4 is 5.78 Å². The van der Waals surface area contributed by atoms with Gasteiger partial charge in [-0.2, -0.15) is 0 Å². The van der Waals surface area contributed by atoms with Gasteiger partial charge in [-0.1, -0.05) is 13.0 Å². The molecule has 0 saturated carbocycles. The summed E-state index contributed by atoms with van der Waals surface area (Å²) in [5, 5.41) is 0. The zero-order valence-corrected chi connectivity index (χ0v) is 12.4. The van der Waals surface area contributed by atoms with Crippen molar-refractivity contribution in [3.8, 4) is 5.75 Å². The first-order valence-electron chi connectivity index (χ1n) is 6.94. The first-order valence-corrected chi connectivity index (χ1v) is 6.94. The number of ether oxygens (including phenoxy) is 2. The van der Waals surface area contributed by atoms with Gasteiger partial charge in [0.1, 0.15) is 5.78 Å². The Labute approximate surface area is 119 Å². The van der Waals surface area contributed by atoms with Crippen LogP contribution in [0.4, 0.5) is 4.39 Å². The van der Waals surface area contributed by atoms with Gasteiger partial charge in [0, 0.05) is 12.3 Å². The van der Waals surface area contributed by atoms with E-state index in [9.17, 15) is 9.18 Å². The number of ketones is 1. The minimum atomic E-state index is -0.435. The predicted octanol–water partition coefficient (Wildman–Crippen LogP) is 3.01. The van der Waals surface area contributed by atoms with E-state index >= 15 is 0 Å². The van der Waals surface area contributed by atoms with Gasteiger partial charge in [0.2, 0.25) is 0 Å². The number of hydrogen-bond acceptors (Lipinski definition) is 3. The molecule has 4 heteroatoms. The number of Topliss-reactive ketones (excluding diaryl/α,β-unsaturated/α-hetero) is 1. The van der Waals surface area contributed by atoms with Crippen molar-refractivity contribution in [1.82, 2.24) is 0 Å². The highest BCUT2D eigenvalue weighted by Crippen LogP contribution is 2.33. The van der Waals surface area contributed by atoms with Crippen molar-refractivity contribution < 1.29 is 18.7 Å². The van der Waals surface area contributed by atoms with Crippen LogP contribution in [0.2, 0.25) is 0 Å². The Hall–Kier alpha value is -1.42. The molecule has 0 N–H and O–H groups in total. The lowest BCUT2D eigenvalue weighted by Gasteiger charge is -2.17. The molecule has 0 aromatic heterocycles. The van der Waals surface area contributed by atoms with Gasteiger partial charge in [0.05, 0.1) is 19.3 Å². The smallest absolute Gasteiger partial charge is 0.165 e. The fourth-order valence-corrected chi connectivity index (χ4v) is 2.96. The quantitative estimate of drug-likeness (QED) is 0.850. The van der Waals surface area contributed by atoms with Crippen LogP contribution in [0.25, 0.3) is 0 Å². The number of carbonyl (C=O) groups excluding carboxylic acids is 1. The standard InChI is InChI=1S/C16H21FO3/c1-9-10(2)20-11(3)16(9)14(18)8-12-5-6-15(19-4)13(17)7-12/h5-7,9-11,16H,8H2,1-4H3. The maximum Gasteiger partial charge on any atom is 0.165 e. The molecule has 1 heterocycles. The minimum absolute atomic E-state index is 0.0735. The van der Waals surface area contributed by atoms with Gasteiger partial charge in [-0.05, 0) is 37.5 Å². The molecule has 0 amide bonds. The third-order valence-electron chi connectivity index (χ3n) is 4.21. The van der Waals surface area contributed by atoms with Gasteiger partial charge in [-0.3, -0.25) is 4.79 Å². The van der Waals surface area contributed by atoms with Crippen molar-refractivity contribution in [2.45, 2.75) is 39.4 Å². The summed E-state index contributed by atoms with van der Waals surface area (Å²) in [5.74, 6) is -0.0506. The van der Waals surface area contributed by atoms with Gasteiger partial charge in [-0.25, -0.2) is 4.39 Å². The molecule has 0 spiro atoms. The molecule has 3 nitrogen and oxygen atoms in total. The maximum absolute atomic E-state index is 13.6. The summed E-state index contributed by atoms with van der Waals surface area (Å²) in [6, 6.07) is 4.65. The molecule has 1 saturated heterocycles. The zero-order chi connectivity index (χ0) is 14.9. The molecule has 2 rings (SSSR count). The number of benzene rings is 1. The van der Waals surface area contributed by atoms with Crippen LogP contribution in [0.3, 0.4) is 0 Å². The number of halogens is 1. The predicted molar refractivity (Wildman–Crippen MR) is 74.3 cm³/mol. The van der Waals surface area contributed by atoms with Crippen molar-refractivity contribution in [3.05, 3.63) is 29.6 Å². The highest BCUT2D eigenvalue weighted by atomic mass is 19.1. The third-order valence-corrected chi connectivity index (χ3v) is 4.21. The summed E-state index contributed by atoms with van der Waals surface area (Å²) in [5.41, 5.74) is 0.673. The molecular formula is C16H21FO3. The van der Waals surface area contributed by atoms with Crippen molar-refractivity contribution in [3.63, 3.8) is 0 Å². The van der Waals surface area contributed by atoms with Crippen molar-refractivity contribution in [2.75, 3.05) is 7.11 Å². The largest absolute Gasteiger partial charge is 0.494 e. The summed E-state index contributed by atoms with van der Waals surface area (Å²) >= 11 is 0. The Morgan fingerprint density at radius 2 is 2.00 bits per heavy atom. The van der Waals surface area contributed by atoms with Crippen LogP contribution < -0.4 is 4.74 Å². The highest BCUT2D eigenvalue weighted by Gasteiger charge is 2.40. The summed E-state index contributed by atoms with van der Waals surface area (Å²) in [6.45, 7) is 5.95. The number of carbonyl (C=O) groups is 1. The van der Waals surface area contributed by atoms with E-state index in [0.29, 0.717) is 5.56 Å². The molecule has 4 atom stereocenters. The van der Waals surface area contributed by atoms with Crippen LogP contribution in [-0.2, 0) is 16.0 Å². The molecule has 1 aromatic rings. The van der Waals surface area contributed by atoms with E-state index in [1.165, 1.54) is 13.2 Å². The van der Waals surface area contributed by atoms with Gasteiger partial charge in [0.25, 0.3) is 0 Å². The molecule has 0 radical (unpaired) electrons. The summed E-state index contributed by atoms with van der Waals surface area (Å²) in [6.07, 6.45) is 0.248. The lowest BCUT2D eigenvalue weighted by molar-refractivity contribution is -0.124. The van der Waals surface area contributed by atoms with E-state index < -0.39 is 5.82 Å². The average Bonchev–Trinajstić information content (AvgIpc) is 2.63. The summed E-state index contributed by atoms with van der Waals surface area (Å²) in [4.78, 5) is 12.4. The SMILES string of the molecule is COc1ccc(CC(=O)C2C(C)OC(C)C2C)cc1F. The monoisotopic (exact) mass is 280 g/mol. The Morgan fingerprint density at radius 1 is 1.30 bits per heavy atom. The number of rotatable bonds is 4. The van der Waals surface area contributed by atoms with Crippen LogP contribution >= 0.6 is 0 Å². The molecule has 1 aliphatic heterocycles. The van der Waals surface area contributed by atoms with Crippen LogP contribution in [-0.4, -0.2) is 25.1 Å². The third kappa shape index (κ3) is 2.85. The van der Waals surface area contributed by atoms with Gasteiger partial charge in [-0.15, -0.1) is 0 Å². The second-order valence-electron chi connectivity index (χ2n) is 5.54. The van der Waals surface area contributed by atoms with Crippen LogP contribution in [0.5, 0.6) is 5.75 Å². The number of hydrogen-bond donors (Lipinski definition) is 0. The number of methoxy groups -OCH3 is 1. The molecule has 1 fully saturated rings. The lowest BCUT2D eigenvalue weighted by Crippen LogP contribution is -2.28. The van der Waals surface area contributed by atoms with E-state index in [1.807, 2.05) is 20.8 Å². The minimum Gasteiger partial charge on any atom is -0.494 e. The van der Waals surface area contributed by atoms with Crippen LogP contribution in [0.1, 0.15) is 26.3 Å². The zero-order valence-electron chi connectivity index (χ0n) is 12.4. The van der Waals surface area contributed by atoms with Crippen molar-refractivity contribution in [1.29, 1.82) is 0 Å². The normalized spacial score (nSPS) is 29.4. The first-order chi connectivity index (χ1) is 9.43. The fraction of sp³-hybridized carbons (Fsp3) is 0.562. The Morgan fingerprint density at radius 3 is 2.50 bits per heavy atom. The molecule has 4 unspecified atom stereocenters. The van der Waals surface area contributed by atoms with E-state index in [2.05, 4.69) is 0 Å². The Kier molecular flexibility index (Phi) is 4.43. The first kappa shape index (κ1) is 15.0. The van der Waals surface area contributed by atoms with Gasteiger partial charge in [0.15, 0.2) is 11.6 Å². The second-order valence-corrected chi connectivity index (χ2v) is 5.54. The summed E-state index contributed by atoms with van der Waals surface area (Å²) < 4.78 is 24.2. The van der Waals surface area contributed by atoms with E-state index in [-0.39, 0.29) is 42.0 Å². The fourth-order valence-electron chi connectivity index (χ4n) is 2.96. The molecule has 1 aliphatic rings. The Balaban J connectivity index is 2.10. The van der Waals surface area contributed by atoms with E-state index in [4.69, 9.17) is 9.47 Å². The topological polar surface area (TPSA) is 35.5 Å². The van der Waals surface area contributed by atoms with Crippen molar-refractivity contribution in [2.24, 2.45) is 11.8 Å². The van der Waals surface area contributed by atoms with Gasteiger partial charge >= 0.3 is 0 Å². The lowest BCUT2D eigenvalue weighted by atomic mass is 9.84. The molecule has 0 bridgehead atoms. The van der Waals surface area contributed by atoms with Gasteiger partial charge < -0.3 is 9.47 Å². The molecule has 110 valence electrons. The molecule has 1 aromatic carbocycles. The molecule has 0 aliphatic carbocycles. The average molecular weight is 280 g/mol. The van der Waals surface area contributed by atoms with E-state index in [0.717, 1.165) is 0 Å². The summed E-state index contributed by atoms with van der Waals surface area (Å²) in [7, 11) is 1.42. The second kappa shape index (κ2) is 5.92. The highest BCUT2D eigenvalue weighted by molar-refractivity contribution is 5.84. The Bertz CT molecular complexity index is 500. The van der Waals surface area contributed by atoms with Crippen LogP contribution in [0, 0.1) is 17.7 Å². The maximum atomic E-state index is 13.6. The van der Waals surface area contributed by atoms with Crippen LogP contribution in [0.15, 0.2) is 18.2 Å².